The molecule has 0 aromatic heterocycles. The third-order valence-electron chi connectivity index (χ3n) is 2.92. The lowest BCUT2D eigenvalue weighted by atomic mass is 10.2. The summed E-state index contributed by atoms with van der Waals surface area (Å²) >= 11 is 3.33. The monoisotopic (exact) mass is 314 g/mol. The molecule has 1 aromatic carbocycles. The highest BCUT2D eigenvalue weighted by Crippen LogP contribution is 2.35. The lowest BCUT2D eigenvalue weighted by molar-refractivity contribution is 0.573. The maximum atomic E-state index is 12.1. The molecule has 1 aliphatic rings. The highest BCUT2D eigenvalue weighted by molar-refractivity contribution is 9.10. The van der Waals surface area contributed by atoms with E-state index in [0.29, 0.717) is 10.6 Å². The number of rotatable bonds is 1. The Balaban J connectivity index is 2.58. The first-order valence-electron chi connectivity index (χ1n) is 5.08. The summed E-state index contributed by atoms with van der Waals surface area (Å²) < 4.78 is 25.0. The minimum atomic E-state index is -3.28. The molecule has 1 aromatic rings. The quantitative estimate of drug-likeness (QED) is 0.795. The van der Waals surface area contributed by atoms with Gasteiger partial charge in [-0.05, 0) is 18.2 Å². The fourth-order valence-corrected chi connectivity index (χ4v) is 4.16. The summed E-state index contributed by atoms with van der Waals surface area (Å²) in [5.74, 6) is 0.00565. The zero-order chi connectivity index (χ0) is 12.6. The van der Waals surface area contributed by atoms with E-state index in [1.54, 1.807) is 18.2 Å². The van der Waals surface area contributed by atoms with Gasteiger partial charge in [-0.25, -0.2) is 8.42 Å². The molecule has 0 bridgehead atoms. The number of nitrogens with zero attached hydrogens (tertiary/aromatic N) is 2. The Hall–Kier alpha value is -1.06. The predicted molar refractivity (Wildman–Crippen MR) is 68.6 cm³/mol. The van der Waals surface area contributed by atoms with Gasteiger partial charge in [0.2, 0.25) is 0 Å². The van der Waals surface area contributed by atoms with E-state index < -0.39 is 9.84 Å². The molecule has 1 aliphatic heterocycles. The second-order valence-corrected chi connectivity index (χ2v) is 6.94. The summed E-state index contributed by atoms with van der Waals surface area (Å²) in [6.07, 6.45) is 0.210. The number of hydrogen-bond donors (Lipinski definition) is 0. The van der Waals surface area contributed by atoms with Crippen LogP contribution in [0.2, 0.25) is 0 Å². The zero-order valence-corrected chi connectivity index (χ0v) is 11.6. The fraction of sp³-hybridized carbons (Fsp3) is 0.364. The van der Waals surface area contributed by atoms with Crippen molar-refractivity contribution in [3.8, 4) is 6.07 Å². The molecule has 0 amide bonds. The average Bonchev–Trinajstić information content (AvgIpc) is 2.25. The van der Waals surface area contributed by atoms with E-state index >= 15 is 0 Å². The van der Waals surface area contributed by atoms with E-state index in [2.05, 4.69) is 15.9 Å². The number of hydrogen-bond acceptors (Lipinski definition) is 4. The van der Waals surface area contributed by atoms with Crippen LogP contribution in [0, 0.1) is 11.3 Å². The summed E-state index contributed by atoms with van der Waals surface area (Å²) in [5, 5.41) is 8.73. The van der Waals surface area contributed by atoms with Gasteiger partial charge in [-0.2, -0.15) is 5.26 Å². The zero-order valence-electron chi connectivity index (χ0n) is 9.22. The minimum Gasteiger partial charge on any atom is -0.368 e. The lowest BCUT2D eigenvalue weighted by Crippen LogP contribution is -2.42. The normalized spacial score (nSPS) is 21.7. The summed E-state index contributed by atoms with van der Waals surface area (Å²) in [7, 11) is -1.46. The molecule has 0 aliphatic carbocycles. The van der Waals surface area contributed by atoms with Crippen LogP contribution in [0.5, 0.6) is 0 Å². The molecule has 4 nitrogen and oxygen atoms in total. The van der Waals surface area contributed by atoms with Crippen molar-refractivity contribution in [2.45, 2.75) is 17.4 Å². The molecule has 1 unspecified atom stereocenters. The van der Waals surface area contributed by atoms with E-state index in [9.17, 15) is 8.42 Å². The van der Waals surface area contributed by atoms with E-state index in [4.69, 9.17) is 5.26 Å². The topological polar surface area (TPSA) is 61.2 Å². The predicted octanol–water partition coefficient (Wildman–Crippen LogP) is 1.95. The van der Waals surface area contributed by atoms with Crippen molar-refractivity contribution in [2.75, 3.05) is 17.7 Å². The van der Waals surface area contributed by atoms with E-state index in [1.165, 1.54) is 0 Å². The Morgan fingerprint density at radius 2 is 2.29 bits per heavy atom. The van der Waals surface area contributed by atoms with Crippen molar-refractivity contribution in [3.63, 3.8) is 0 Å². The lowest BCUT2D eigenvalue weighted by Gasteiger charge is -2.34. The Morgan fingerprint density at radius 1 is 1.59 bits per heavy atom. The van der Waals surface area contributed by atoms with Gasteiger partial charge in [-0.15, -0.1) is 0 Å². The van der Waals surface area contributed by atoms with Gasteiger partial charge in [0, 0.05) is 11.5 Å². The van der Waals surface area contributed by atoms with Crippen molar-refractivity contribution in [2.24, 2.45) is 0 Å². The molecule has 0 spiro atoms. The number of benzene rings is 1. The molecule has 0 fully saturated rings. The Morgan fingerprint density at radius 3 is 2.94 bits per heavy atom. The van der Waals surface area contributed by atoms with E-state index in [-0.39, 0.29) is 18.2 Å². The van der Waals surface area contributed by atoms with Crippen LogP contribution in [-0.2, 0) is 9.84 Å². The first kappa shape index (κ1) is 12.4. The standard InChI is InChI=1S/C11H11BrN2O2S/c1-14-9(4-5-13)7-17(15,16)11-3-2-8(12)6-10(11)14/h2-3,6,9H,4,7H2,1H3. The minimum absolute atomic E-state index is 0.00565. The molecule has 17 heavy (non-hydrogen) atoms. The number of anilines is 1. The van der Waals surface area contributed by atoms with Gasteiger partial charge in [0.05, 0.1) is 34.9 Å². The van der Waals surface area contributed by atoms with Crippen LogP contribution >= 0.6 is 15.9 Å². The van der Waals surface area contributed by atoms with Crippen molar-refractivity contribution in [1.82, 2.24) is 0 Å². The molecule has 0 saturated carbocycles. The van der Waals surface area contributed by atoms with Gasteiger partial charge in [0.1, 0.15) is 0 Å². The van der Waals surface area contributed by atoms with E-state index in [1.807, 2.05) is 18.0 Å². The molecule has 0 saturated heterocycles. The van der Waals surface area contributed by atoms with Gasteiger partial charge < -0.3 is 4.90 Å². The molecule has 6 heteroatoms. The van der Waals surface area contributed by atoms with Gasteiger partial charge >= 0.3 is 0 Å². The van der Waals surface area contributed by atoms with Crippen molar-refractivity contribution in [1.29, 1.82) is 5.26 Å². The third-order valence-corrected chi connectivity index (χ3v) is 5.25. The maximum absolute atomic E-state index is 12.1. The Bertz CT molecular complexity index is 592. The molecule has 0 N–H and O–H groups in total. The molecule has 1 atom stereocenters. The molecule has 0 radical (unpaired) electrons. The highest BCUT2D eigenvalue weighted by Gasteiger charge is 2.33. The van der Waals surface area contributed by atoms with Crippen LogP contribution in [0.4, 0.5) is 5.69 Å². The third kappa shape index (κ3) is 2.17. The molecule has 90 valence electrons. The van der Waals surface area contributed by atoms with Gasteiger partial charge in [0.15, 0.2) is 9.84 Å². The maximum Gasteiger partial charge on any atom is 0.182 e. The summed E-state index contributed by atoms with van der Waals surface area (Å²) in [5.41, 5.74) is 0.658. The van der Waals surface area contributed by atoms with Crippen LogP contribution in [0.1, 0.15) is 6.42 Å². The van der Waals surface area contributed by atoms with Crippen LogP contribution in [0.15, 0.2) is 27.6 Å². The van der Waals surface area contributed by atoms with Crippen LogP contribution in [0.25, 0.3) is 0 Å². The largest absolute Gasteiger partial charge is 0.368 e. The smallest absolute Gasteiger partial charge is 0.182 e. The number of fused-ring (bicyclic) bond motifs is 1. The number of nitriles is 1. The SMILES string of the molecule is CN1c2cc(Br)ccc2S(=O)(=O)CC1CC#N. The Labute approximate surface area is 109 Å². The van der Waals surface area contributed by atoms with Crippen LogP contribution in [0.3, 0.4) is 0 Å². The number of sulfone groups is 1. The van der Waals surface area contributed by atoms with Crippen molar-refractivity contribution >= 4 is 31.5 Å². The van der Waals surface area contributed by atoms with Crippen LogP contribution < -0.4 is 4.90 Å². The second-order valence-electron chi connectivity index (χ2n) is 4.02. The summed E-state index contributed by atoms with van der Waals surface area (Å²) in [6.45, 7) is 0. The second kappa shape index (κ2) is 4.31. The molecular weight excluding hydrogens is 304 g/mol. The number of halogens is 1. The first-order valence-corrected chi connectivity index (χ1v) is 7.52. The summed E-state index contributed by atoms with van der Waals surface area (Å²) in [6, 6.07) is 6.86. The Kier molecular flexibility index (Phi) is 3.15. The average molecular weight is 315 g/mol. The van der Waals surface area contributed by atoms with Crippen molar-refractivity contribution < 1.29 is 8.42 Å². The van der Waals surface area contributed by atoms with E-state index in [0.717, 1.165) is 4.47 Å². The van der Waals surface area contributed by atoms with Crippen LogP contribution in [-0.4, -0.2) is 27.3 Å². The molecule has 2 rings (SSSR count). The van der Waals surface area contributed by atoms with Gasteiger partial charge in [-0.3, -0.25) is 0 Å². The highest BCUT2D eigenvalue weighted by atomic mass is 79.9. The van der Waals surface area contributed by atoms with Gasteiger partial charge in [0.25, 0.3) is 0 Å². The first-order chi connectivity index (χ1) is 7.95. The van der Waals surface area contributed by atoms with Crippen molar-refractivity contribution in [3.05, 3.63) is 22.7 Å². The fourth-order valence-electron chi connectivity index (χ4n) is 1.98. The van der Waals surface area contributed by atoms with Gasteiger partial charge in [-0.1, -0.05) is 15.9 Å². The summed E-state index contributed by atoms with van der Waals surface area (Å²) in [4.78, 5) is 2.21. The molecular formula is C11H11BrN2O2S. The molecule has 1 heterocycles.